The van der Waals surface area contributed by atoms with Crippen molar-refractivity contribution in [2.45, 2.75) is 20.7 Å². The molecule has 0 saturated heterocycles. The molecule has 0 radical (unpaired) electrons. The van der Waals surface area contributed by atoms with Gasteiger partial charge >= 0.3 is 0 Å². The zero-order valence-electron chi connectivity index (χ0n) is 18.5. The van der Waals surface area contributed by atoms with E-state index in [4.69, 9.17) is 13.5 Å². The van der Waals surface area contributed by atoms with Crippen molar-refractivity contribution in [1.82, 2.24) is 4.98 Å². The average molecular weight is 356 g/mol. The van der Waals surface area contributed by atoms with Gasteiger partial charge in [0, 0.05) is 31.9 Å². The van der Waals surface area contributed by atoms with Crippen LogP contribution in [-0.4, -0.2) is 4.98 Å². The molecule has 3 heteroatoms. The Morgan fingerprint density at radius 1 is 0.963 bits per heavy atom. The second-order valence-corrected chi connectivity index (χ2v) is 7.22. The number of benzene rings is 2. The van der Waals surface area contributed by atoms with E-state index in [0.29, 0.717) is 11.3 Å². The first-order valence-electron chi connectivity index (χ1n) is 10.5. The Hall–Kier alpha value is -3.20. The number of hydrogen-bond acceptors (Lipinski definition) is 2. The molecule has 0 unspecified atom stereocenters. The van der Waals surface area contributed by atoms with Gasteiger partial charge in [-0.25, -0.2) is 4.98 Å². The molecule has 5 rings (SSSR count). The third-order valence-electron chi connectivity index (χ3n) is 5.17. The maximum atomic E-state index is 7.65. The van der Waals surface area contributed by atoms with Gasteiger partial charge in [-0.15, -0.1) is 0 Å². The largest absolute Gasteiger partial charge is 0.431 e. The van der Waals surface area contributed by atoms with Gasteiger partial charge in [0.15, 0.2) is 0 Å². The Morgan fingerprint density at radius 3 is 2.63 bits per heavy atom. The molecular formula is C24H21N2O+. The first kappa shape index (κ1) is 13.0. The molecule has 0 aliphatic heterocycles. The van der Waals surface area contributed by atoms with Gasteiger partial charge in [0.2, 0.25) is 23.2 Å². The third kappa shape index (κ3) is 2.50. The molecule has 3 nitrogen and oxygen atoms in total. The molecule has 0 aliphatic carbocycles. The number of nitrogens with zero attached hydrogens (tertiary/aromatic N) is 2. The van der Waals surface area contributed by atoms with Crippen LogP contribution in [0.2, 0.25) is 0 Å². The van der Waals surface area contributed by atoms with E-state index in [9.17, 15) is 0 Å². The third-order valence-corrected chi connectivity index (χ3v) is 5.17. The van der Waals surface area contributed by atoms with Crippen molar-refractivity contribution in [3.63, 3.8) is 0 Å². The summed E-state index contributed by atoms with van der Waals surface area (Å²) in [6.45, 7) is 1.89. The Balaban J connectivity index is 1.74. The second-order valence-electron chi connectivity index (χ2n) is 7.22. The van der Waals surface area contributed by atoms with Crippen LogP contribution < -0.4 is 4.57 Å². The van der Waals surface area contributed by atoms with Gasteiger partial charge in [0.05, 0.1) is 5.52 Å². The van der Waals surface area contributed by atoms with Crippen LogP contribution in [0.25, 0.3) is 44.2 Å². The smallest absolute Gasteiger partial charge is 0.228 e. The summed E-state index contributed by atoms with van der Waals surface area (Å²) in [5.41, 5.74) is 6.73. The fourth-order valence-corrected chi connectivity index (χ4v) is 3.77. The van der Waals surface area contributed by atoms with E-state index >= 15 is 0 Å². The number of hydrogen-bond donors (Lipinski definition) is 0. The van der Waals surface area contributed by atoms with Crippen molar-refractivity contribution in [2.75, 3.05) is 0 Å². The van der Waals surface area contributed by atoms with Gasteiger partial charge < -0.3 is 4.42 Å². The van der Waals surface area contributed by atoms with E-state index in [0.717, 1.165) is 49.6 Å². The lowest BCUT2D eigenvalue weighted by Gasteiger charge is -2.05. The monoisotopic (exact) mass is 356 g/mol. The summed E-state index contributed by atoms with van der Waals surface area (Å²) in [5.74, 6) is 0. The lowest BCUT2D eigenvalue weighted by atomic mass is 10.0. The zero-order valence-corrected chi connectivity index (χ0v) is 15.5. The Bertz CT molecular complexity index is 1470. The van der Waals surface area contributed by atoms with Gasteiger partial charge in [-0.2, -0.15) is 4.57 Å². The van der Waals surface area contributed by atoms with Crippen LogP contribution in [0.5, 0.6) is 0 Å². The Labute approximate surface area is 162 Å². The van der Waals surface area contributed by atoms with Gasteiger partial charge in [0.25, 0.3) is 0 Å². The highest BCUT2D eigenvalue weighted by atomic mass is 16.3. The quantitative estimate of drug-likeness (QED) is 0.369. The van der Waals surface area contributed by atoms with Crippen molar-refractivity contribution >= 4 is 33.0 Å². The van der Waals surface area contributed by atoms with E-state index in [-0.39, 0.29) is 0 Å². The first-order valence-corrected chi connectivity index (χ1v) is 8.95. The van der Waals surface area contributed by atoms with E-state index in [2.05, 4.69) is 37.3 Å². The fourth-order valence-electron chi connectivity index (χ4n) is 3.77. The number of rotatable bonds is 1. The van der Waals surface area contributed by atoms with Gasteiger partial charge in [-0.1, -0.05) is 29.8 Å². The molecule has 0 bridgehead atoms. The molecule has 3 heterocycles. The molecule has 2 aromatic carbocycles. The molecular weight excluding hydrogens is 332 g/mol. The summed E-state index contributed by atoms with van der Waals surface area (Å²) in [5, 5.41) is 3.04. The molecule has 0 spiro atoms. The maximum absolute atomic E-state index is 7.65. The number of fused-ring (bicyclic) bond motifs is 4. The van der Waals surface area contributed by atoms with Crippen LogP contribution in [-0.2, 0) is 7.05 Å². The van der Waals surface area contributed by atoms with Crippen molar-refractivity contribution in [2.24, 2.45) is 7.05 Å². The van der Waals surface area contributed by atoms with Crippen LogP contribution in [0.1, 0.15) is 20.8 Å². The summed E-state index contributed by atoms with van der Waals surface area (Å²) in [4.78, 5) is 4.73. The summed E-state index contributed by atoms with van der Waals surface area (Å²) >= 11 is 0. The van der Waals surface area contributed by atoms with Crippen LogP contribution in [0, 0.1) is 20.7 Å². The van der Waals surface area contributed by atoms with E-state index < -0.39 is 6.85 Å². The molecule has 0 atom stereocenters. The normalized spacial score (nSPS) is 13.8. The Kier molecular flexibility index (Phi) is 2.73. The molecule has 3 aromatic heterocycles. The minimum Gasteiger partial charge on any atom is -0.431 e. The number of furan rings is 1. The minimum absolute atomic E-state index is 0.354. The molecule has 0 saturated carbocycles. The molecule has 132 valence electrons. The lowest BCUT2D eigenvalue weighted by molar-refractivity contribution is -0.659. The summed E-state index contributed by atoms with van der Waals surface area (Å²) in [6, 6.07) is 15.8. The van der Waals surface area contributed by atoms with Gasteiger partial charge in [-0.05, 0) is 50.0 Å². The predicted molar refractivity (Wildman–Crippen MR) is 110 cm³/mol. The molecule has 0 amide bonds. The lowest BCUT2D eigenvalue weighted by Crippen LogP contribution is -2.30. The van der Waals surface area contributed by atoms with E-state index in [1.54, 1.807) is 12.1 Å². The number of aryl methyl sites for hydroxylation is 4. The van der Waals surface area contributed by atoms with Crippen LogP contribution in [0.3, 0.4) is 0 Å². The predicted octanol–water partition coefficient (Wildman–Crippen LogP) is 5.55. The summed E-state index contributed by atoms with van der Waals surface area (Å²) in [6.07, 6.45) is 1.96. The van der Waals surface area contributed by atoms with E-state index in [1.165, 1.54) is 0 Å². The minimum atomic E-state index is -2.11. The first-order chi connectivity index (χ1) is 14.2. The SMILES string of the molecule is [2H]C([2H])([2H])c1ccc(-c2cc3c(c[n+]2C)oc2nc4cc(C)ccc4cc23)c(C)c1. The summed E-state index contributed by atoms with van der Waals surface area (Å²) < 4.78 is 31.0. The average Bonchev–Trinajstić information content (AvgIpc) is 3.01. The van der Waals surface area contributed by atoms with E-state index in [1.807, 2.05) is 30.8 Å². The topological polar surface area (TPSA) is 29.9 Å². The highest BCUT2D eigenvalue weighted by Crippen LogP contribution is 2.32. The molecule has 0 aliphatic rings. The fraction of sp³-hybridized carbons (Fsp3) is 0.167. The van der Waals surface area contributed by atoms with Crippen LogP contribution in [0.4, 0.5) is 0 Å². The highest BCUT2D eigenvalue weighted by Gasteiger charge is 2.19. The zero-order chi connectivity index (χ0) is 21.2. The van der Waals surface area contributed by atoms with Gasteiger partial charge in [0.1, 0.15) is 7.05 Å². The highest BCUT2D eigenvalue weighted by molar-refractivity contribution is 6.07. The molecule has 5 aromatic rings. The van der Waals surface area contributed by atoms with Crippen molar-refractivity contribution in [1.29, 1.82) is 0 Å². The van der Waals surface area contributed by atoms with Gasteiger partial charge in [-0.3, -0.25) is 0 Å². The molecule has 0 fully saturated rings. The second kappa shape index (κ2) is 5.65. The number of pyridine rings is 2. The Morgan fingerprint density at radius 2 is 1.81 bits per heavy atom. The molecule has 0 N–H and O–H groups in total. The summed E-state index contributed by atoms with van der Waals surface area (Å²) in [7, 11) is 1.96. The maximum Gasteiger partial charge on any atom is 0.228 e. The van der Waals surface area contributed by atoms with Crippen LogP contribution >= 0.6 is 0 Å². The van der Waals surface area contributed by atoms with Crippen molar-refractivity contribution in [3.8, 4) is 11.3 Å². The number of aromatic nitrogens is 2. The van der Waals surface area contributed by atoms with Crippen LogP contribution in [0.15, 0.2) is 59.1 Å². The standard InChI is InChI=1S/C24H21N2O/c1-14-6-8-18(16(3)9-14)22-12-19-20-11-17-7-5-15(2)10-21(17)25-24(20)27-23(19)13-26(22)4/h5-13H,1-4H3/q+1/i1D3. The van der Waals surface area contributed by atoms with Crippen molar-refractivity contribution < 1.29 is 13.1 Å². The molecule has 27 heavy (non-hydrogen) atoms. The van der Waals surface area contributed by atoms with Crippen molar-refractivity contribution in [3.05, 3.63) is 71.4 Å².